The van der Waals surface area contributed by atoms with Crippen molar-refractivity contribution in [1.82, 2.24) is 9.80 Å². The molecule has 1 N–H and O–H groups in total. The summed E-state index contributed by atoms with van der Waals surface area (Å²) in [6.45, 7) is 3.21. The fourth-order valence-corrected chi connectivity index (χ4v) is 4.42. The van der Waals surface area contributed by atoms with Crippen molar-refractivity contribution >= 4 is 46.5 Å². The van der Waals surface area contributed by atoms with Crippen LogP contribution in [0.2, 0.25) is 0 Å². The Kier molecular flexibility index (Phi) is 7.84. The van der Waals surface area contributed by atoms with Crippen LogP contribution in [-0.2, 0) is 19.1 Å². The number of benzene rings is 2. The Bertz CT molecular complexity index is 1180. The molecule has 35 heavy (non-hydrogen) atoms. The number of para-hydroxylation sites is 1. The van der Waals surface area contributed by atoms with Crippen molar-refractivity contribution in [3.63, 3.8) is 0 Å². The van der Waals surface area contributed by atoms with Gasteiger partial charge in [0.05, 0.1) is 18.1 Å². The zero-order chi connectivity index (χ0) is 24.8. The summed E-state index contributed by atoms with van der Waals surface area (Å²) in [5.74, 6) is -0.641. The number of aryl methyl sites for hydroxylation is 1. The van der Waals surface area contributed by atoms with Gasteiger partial charge in [-0.15, -0.1) is 0 Å². The molecule has 182 valence electrons. The maximum absolute atomic E-state index is 12.8. The first-order chi connectivity index (χ1) is 16.9. The summed E-state index contributed by atoms with van der Waals surface area (Å²) in [6.07, 6.45) is 1.57. The van der Waals surface area contributed by atoms with Crippen LogP contribution in [0.3, 0.4) is 0 Å². The SMILES string of the molecule is Cc1ccccc1NC(=O)COc1cccc(/C=C2\SC(=O)N(CC(=O)N3CCOCC3)C2=O)c1. The number of carbonyl (C=O) groups excluding carboxylic acids is 4. The lowest BCUT2D eigenvalue weighted by Gasteiger charge is -2.28. The Morgan fingerprint density at radius 2 is 1.89 bits per heavy atom. The second-order valence-electron chi connectivity index (χ2n) is 7.99. The smallest absolute Gasteiger partial charge is 0.294 e. The van der Waals surface area contributed by atoms with E-state index in [-0.39, 0.29) is 29.9 Å². The summed E-state index contributed by atoms with van der Waals surface area (Å²) in [5.41, 5.74) is 2.30. The van der Waals surface area contributed by atoms with Gasteiger partial charge in [0.15, 0.2) is 6.61 Å². The van der Waals surface area contributed by atoms with E-state index in [2.05, 4.69) is 5.32 Å². The van der Waals surface area contributed by atoms with Crippen LogP contribution in [0.1, 0.15) is 11.1 Å². The van der Waals surface area contributed by atoms with E-state index in [1.807, 2.05) is 31.2 Å². The van der Waals surface area contributed by atoms with E-state index in [0.29, 0.717) is 37.6 Å². The fraction of sp³-hybridized carbons (Fsp3) is 0.280. The number of nitrogens with zero attached hydrogens (tertiary/aromatic N) is 2. The van der Waals surface area contributed by atoms with Gasteiger partial charge in [0.2, 0.25) is 5.91 Å². The van der Waals surface area contributed by atoms with Gasteiger partial charge in [-0.3, -0.25) is 24.1 Å². The third-order valence-corrected chi connectivity index (χ3v) is 6.38. The van der Waals surface area contributed by atoms with Crippen molar-refractivity contribution in [1.29, 1.82) is 0 Å². The first kappa shape index (κ1) is 24.5. The molecule has 2 aliphatic heterocycles. The Balaban J connectivity index is 1.36. The van der Waals surface area contributed by atoms with Crippen molar-refractivity contribution in [3.8, 4) is 5.75 Å². The van der Waals surface area contributed by atoms with Gasteiger partial charge in [-0.05, 0) is 54.1 Å². The lowest BCUT2D eigenvalue weighted by Crippen LogP contribution is -2.46. The highest BCUT2D eigenvalue weighted by atomic mass is 32.2. The molecule has 0 saturated carbocycles. The first-order valence-corrected chi connectivity index (χ1v) is 11.9. The second-order valence-corrected chi connectivity index (χ2v) is 8.98. The topological polar surface area (TPSA) is 105 Å². The lowest BCUT2D eigenvalue weighted by atomic mass is 10.2. The van der Waals surface area contributed by atoms with Crippen molar-refractivity contribution < 1.29 is 28.7 Å². The molecule has 0 aliphatic carbocycles. The van der Waals surface area contributed by atoms with Crippen LogP contribution in [0, 0.1) is 6.92 Å². The summed E-state index contributed by atoms with van der Waals surface area (Å²) >= 11 is 0.790. The number of morpholine rings is 1. The average Bonchev–Trinajstić information content (AvgIpc) is 3.12. The Hall–Kier alpha value is -3.63. The lowest BCUT2D eigenvalue weighted by molar-refractivity contribution is -0.139. The number of imide groups is 1. The molecule has 0 atom stereocenters. The molecule has 0 aromatic heterocycles. The number of nitrogens with one attached hydrogen (secondary N) is 1. The number of anilines is 1. The molecule has 9 nitrogen and oxygen atoms in total. The van der Waals surface area contributed by atoms with E-state index in [1.165, 1.54) is 0 Å². The zero-order valence-corrected chi connectivity index (χ0v) is 20.0. The number of rotatable bonds is 7. The standard InChI is InChI=1S/C25H25N3O6S/c1-17-5-2-3-8-20(17)26-22(29)16-34-19-7-4-6-18(13-19)14-21-24(31)28(25(32)35-21)15-23(30)27-9-11-33-12-10-27/h2-8,13-14H,9-12,15-16H2,1H3,(H,26,29)/b21-14-. The van der Waals surface area contributed by atoms with E-state index < -0.39 is 11.1 Å². The minimum atomic E-state index is -0.509. The number of hydrogen-bond donors (Lipinski definition) is 1. The van der Waals surface area contributed by atoms with Crippen molar-refractivity contribution in [2.45, 2.75) is 6.92 Å². The van der Waals surface area contributed by atoms with Crippen LogP contribution < -0.4 is 10.1 Å². The van der Waals surface area contributed by atoms with E-state index in [0.717, 1.165) is 27.9 Å². The maximum Gasteiger partial charge on any atom is 0.294 e. The molecule has 4 amide bonds. The molecule has 10 heteroatoms. The summed E-state index contributed by atoms with van der Waals surface area (Å²) in [5, 5.41) is 2.32. The quantitative estimate of drug-likeness (QED) is 0.589. The van der Waals surface area contributed by atoms with Gasteiger partial charge in [-0.25, -0.2) is 0 Å². The predicted molar refractivity (Wildman–Crippen MR) is 132 cm³/mol. The molecule has 2 saturated heterocycles. The van der Waals surface area contributed by atoms with Crippen LogP contribution in [0.25, 0.3) is 6.08 Å². The molecule has 2 aromatic rings. The van der Waals surface area contributed by atoms with Crippen molar-refractivity contribution in [3.05, 3.63) is 64.6 Å². The van der Waals surface area contributed by atoms with Gasteiger partial charge in [-0.2, -0.15) is 0 Å². The highest BCUT2D eigenvalue weighted by Crippen LogP contribution is 2.32. The molecule has 2 aromatic carbocycles. The van der Waals surface area contributed by atoms with E-state index >= 15 is 0 Å². The summed E-state index contributed by atoms with van der Waals surface area (Å²) < 4.78 is 10.8. The summed E-state index contributed by atoms with van der Waals surface area (Å²) in [7, 11) is 0. The van der Waals surface area contributed by atoms with Gasteiger partial charge in [-0.1, -0.05) is 30.3 Å². The fourth-order valence-electron chi connectivity index (χ4n) is 3.58. The molecular weight excluding hydrogens is 470 g/mol. The second kappa shape index (κ2) is 11.2. The first-order valence-electron chi connectivity index (χ1n) is 11.1. The van der Waals surface area contributed by atoms with Gasteiger partial charge in [0.25, 0.3) is 17.1 Å². The largest absolute Gasteiger partial charge is 0.484 e. The average molecular weight is 496 g/mol. The number of ether oxygens (including phenoxy) is 2. The minimum absolute atomic E-state index is 0.183. The maximum atomic E-state index is 12.8. The van der Waals surface area contributed by atoms with E-state index in [1.54, 1.807) is 35.2 Å². The normalized spacial score (nSPS) is 17.1. The van der Waals surface area contributed by atoms with Gasteiger partial charge in [0.1, 0.15) is 12.3 Å². The Morgan fingerprint density at radius 3 is 2.66 bits per heavy atom. The molecule has 2 fully saturated rings. The van der Waals surface area contributed by atoms with Crippen LogP contribution in [0.5, 0.6) is 5.75 Å². The molecule has 4 rings (SSSR count). The molecule has 0 unspecified atom stereocenters. The number of thioether (sulfide) groups is 1. The van der Waals surface area contributed by atoms with Crippen LogP contribution in [0.15, 0.2) is 53.4 Å². The van der Waals surface area contributed by atoms with E-state index in [9.17, 15) is 19.2 Å². The van der Waals surface area contributed by atoms with Crippen LogP contribution in [0.4, 0.5) is 10.5 Å². The zero-order valence-electron chi connectivity index (χ0n) is 19.2. The monoisotopic (exact) mass is 495 g/mol. The summed E-state index contributed by atoms with van der Waals surface area (Å²) in [4.78, 5) is 52.6. The third kappa shape index (κ3) is 6.28. The summed E-state index contributed by atoms with van der Waals surface area (Å²) in [6, 6.07) is 14.3. The Labute approximate surface area is 207 Å². The molecular formula is C25H25N3O6S. The number of amides is 4. The number of hydrogen-bond acceptors (Lipinski definition) is 7. The molecule has 2 heterocycles. The van der Waals surface area contributed by atoms with Crippen molar-refractivity contribution in [2.24, 2.45) is 0 Å². The van der Waals surface area contributed by atoms with Gasteiger partial charge < -0.3 is 19.7 Å². The number of carbonyl (C=O) groups is 4. The predicted octanol–water partition coefficient (Wildman–Crippen LogP) is 2.91. The molecule has 0 spiro atoms. The van der Waals surface area contributed by atoms with Gasteiger partial charge in [0, 0.05) is 18.8 Å². The van der Waals surface area contributed by atoms with E-state index in [4.69, 9.17) is 9.47 Å². The minimum Gasteiger partial charge on any atom is -0.484 e. The van der Waals surface area contributed by atoms with Crippen LogP contribution >= 0.6 is 11.8 Å². The highest BCUT2D eigenvalue weighted by molar-refractivity contribution is 8.18. The van der Waals surface area contributed by atoms with Gasteiger partial charge >= 0.3 is 0 Å². The van der Waals surface area contributed by atoms with Crippen LogP contribution in [-0.4, -0.2) is 72.2 Å². The highest BCUT2D eigenvalue weighted by Gasteiger charge is 2.37. The third-order valence-electron chi connectivity index (χ3n) is 5.48. The molecule has 0 bridgehead atoms. The molecule has 2 aliphatic rings. The Morgan fingerprint density at radius 1 is 1.11 bits per heavy atom. The molecule has 0 radical (unpaired) electrons. The van der Waals surface area contributed by atoms with Crippen molar-refractivity contribution in [2.75, 3.05) is 44.8 Å².